The molecule has 88 valence electrons. The Labute approximate surface area is 101 Å². The Morgan fingerprint density at radius 2 is 1.94 bits per heavy atom. The molecule has 0 spiro atoms. The Morgan fingerprint density at radius 3 is 2.41 bits per heavy atom. The van der Waals surface area contributed by atoms with Crippen molar-refractivity contribution in [1.82, 2.24) is 0 Å². The fourth-order valence-electron chi connectivity index (χ4n) is 1.33. The average molecular weight is 254 g/mol. The highest BCUT2D eigenvalue weighted by Gasteiger charge is 2.14. The largest absolute Gasteiger partial charge is 0.468 e. The third-order valence-electron chi connectivity index (χ3n) is 2.18. The highest BCUT2D eigenvalue weighted by molar-refractivity contribution is 7.99. The molecule has 1 heterocycles. The molecule has 2 rings (SSSR count). The first-order valence-electron chi connectivity index (χ1n) is 4.78. The number of halogens is 2. The zero-order valence-electron chi connectivity index (χ0n) is 8.87. The second-order valence-corrected chi connectivity index (χ2v) is 4.43. The van der Waals surface area contributed by atoms with Gasteiger partial charge in [-0.15, -0.1) is 0 Å². The summed E-state index contributed by atoms with van der Waals surface area (Å²) < 4.78 is 32.2. The van der Waals surface area contributed by atoms with Crippen molar-refractivity contribution < 1.29 is 18.0 Å². The Morgan fingerprint density at radius 1 is 1.29 bits per heavy atom. The molecule has 0 atom stereocenters. The van der Waals surface area contributed by atoms with Crippen molar-refractivity contribution in [3.05, 3.63) is 47.4 Å². The lowest BCUT2D eigenvalue weighted by molar-refractivity contribution is 0.112. The van der Waals surface area contributed by atoms with Crippen molar-refractivity contribution in [2.24, 2.45) is 0 Å². The van der Waals surface area contributed by atoms with Crippen LogP contribution in [0.3, 0.4) is 0 Å². The van der Waals surface area contributed by atoms with Gasteiger partial charge in [0, 0.05) is 5.56 Å². The van der Waals surface area contributed by atoms with E-state index in [0.717, 1.165) is 23.9 Å². The Hall–Kier alpha value is -1.62. The minimum absolute atomic E-state index is 0.0201. The third kappa shape index (κ3) is 2.39. The third-order valence-corrected chi connectivity index (χ3v) is 3.42. The van der Waals surface area contributed by atoms with Crippen LogP contribution in [0.4, 0.5) is 8.78 Å². The molecule has 0 unspecified atom stereocenters. The summed E-state index contributed by atoms with van der Waals surface area (Å²) in [5.41, 5.74) is -0.0201. The number of benzene rings is 1. The first-order chi connectivity index (χ1) is 8.11. The molecule has 0 saturated carbocycles. The predicted molar refractivity (Wildman–Crippen MR) is 59.3 cm³/mol. The molecule has 0 aliphatic rings. The van der Waals surface area contributed by atoms with E-state index in [9.17, 15) is 13.6 Å². The summed E-state index contributed by atoms with van der Waals surface area (Å²) >= 11 is 0.934. The molecule has 1 aromatic carbocycles. The highest BCUT2D eigenvalue weighted by atomic mass is 32.2. The molecule has 2 aromatic rings. The monoisotopic (exact) mass is 254 g/mol. The molecule has 0 fully saturated rings. The lowest BCUT2D eigenvalue weighted by atomic mass is 10.2. The molecular formula is C12H8F2O2S. The molecule has 0 amide bonds. The van der Waals surface area contributed by atoms with Crippen LogP contribution in [0.5, 0.6) is 0 Å². The van der Waals surface area contributed by atoms with Gasteiger partial charge in [0.1, 0.15) is 23.7 Å². The number of hydrogen-bond donors (Lipinski definition) is 0. The van der Waals surface area contributed by atoms with Gasteiger partial charge in [-0.3, -0.25) is 4.79 Å². The summed E-state index contributed by atoms with van der Waals surface area (Å²) in [5.74, 6) is -0.913. The van der Waals surface area contributed by atoms with Gasteiger partial charge in [0.25, 0.3) is 0 Å². The minimum atomic E-state index is -0.752. The van der Waals surface area contributed by atoms with Gasteiger partial charge in [0.15, 0.2) is 0 Å². The van der Waals surface area contributed by atoms with Crippen molar-refractivity contribution in [2.75, 3.05) is 0 Å². The van der Waals surface area contributed by atoms with Crippen LogP contribution in [-0.4, -0.2) is 6.29 Å². The van der Waals surface area contributed by atoms with E-state index in [1.807, 2.05) is 0 Å². The molecular weight excluding hydrogens is 246 g/mol. The fourth-order valence-corrected chi connectivity index (χ4v) is 2.18. The SMILES string of the molecule is Cc1occc1Sc1c(F)cc(C=O)cc1F. The first kappa shape index (κ1) is 11.9. The standard InChI is InChI=1S/C12H8F2O2S/c1-7-11(2-3-16-7)17-12-9(13)4-8(6-15)5-10(12)14/h2-6H,1H3. The van der Waals surface area contributed by atoms with E-state index >= 15 is 0 Å². The van der Waals surface area contributed by atoms with Crippen LogP contribution in [0.1, 0.15) is 16.1 Å². The van der Waals surface area contributed by atoms with Crippen molar-refractivity contribution in [1.29, 1.82) is 0 Å². The topological polar surface area (TPSA) is 30.2 Å². The zero-order valence-corrected chi connectivity index (χ0v) is 9.68. The summed E-state index contributed by atoms with van der Waals surface area (Å²) in [7, 11) is 0. The van der Waals surface area contributed by atoms with Crippen LogP contribution >= 0.6 is 11.8 Å². The van der Waals surface area contributed by atoms with Crippen LogP contribution in [0.15, 0.2) is 38.7 Å². The minimum Gasteiger partial charge on any atom is -0.468 e. The molecule has 0 saturated heterocycles. The maximum Gasteiger partial charge on any atom is 0.150 e. The molecule has 1 aromatic heterocycles. The lowest BCUT2D eigenvalue weighted by Crippen LogP contribution is -1.92. The highest BCUT2D eigenvalue weighted by Crippen LogP contribution is 2.34. The predicted octanol–water partition coefficient (Wildman–Crippen LogP) is 3.83. The van der Waals surface area contributed by atoms with Crippen LogP contribution < -0.4 is 0 Å². The fraction of sp³-hybridized carbons (Fsp3) is 0.0833. The van der Waals surface area contributed by atoms with E-state index < -0.39 is 11.6 Å². The number of aryl methyl sites for hydroxylation is 1. The number of hydrogen-bond acceptors (Lipinski definition) is 3. The Bertz CT molecular complexity index is 540. The van der Waals surface area contributed by atoms with Gasteiger partial charge in [0.05, 0.1) is 16.1 Å². The second kappa shape index (κ2) is 4.71. The van der Waals surface area contributed by atoms with Crippen molar-refractivity contribution in [3.63, 3.8) is 0 Å². The number of carbonyl (C=O) groups excluding carboxylic acids is 1. The molecule has 0 N–H and O–H groups in total. The Balaban J connectivity index is 2.40. The van der Waals surface area contributed by atoms with Gasteiger partial charge in [-0.25, -0.2) is 8.78 Å². The normalized spacial score (nSPS) is 10.5. The lowest BCUT2D eigenvalue weighted by Gasteiger charge is -2.04. The van der Waals surface area contributed by atoms with Crippen LogP contribution in [-0.2, 0) is 0 Å². The van der Waals surface area contributed by atoms with Gasteiger partial charge >= 0.3 is 0 Å². The number of furan rings is 1. The van der Waals surface area contributed by atoms with E-state index in [1.165, 1.54) is 6.26 Å². The molecule has 2 nitrogen and oxygen atoms in total. The van der Waals surface area contributed by atoms with Gasteiger partial charge in [-0.2, -0.15) is 0 Å². The maximum atomic E-state index is 13.6. The molecule has 0 aliphatic carbocycles. The van der Waals surface area contributed by atoms with E-state index in [4.69, 9.17) is 4.42 Å². The Kier molecular flexibility index (Phi) is 3.28. The smallest absolute Gasteiger partial charge is 0.150 e. The number of rotatable bonds is 3. The quantitative estimate of drug-likeness (QED) is 0.780. The van der Waals surface area contributed by atoms with Gasteiger partial charge < -0.3 is 4.42 Å². The molecule has 5 heteroatoms. The van der Waals surface area contributed by atoms with E-state index in [1.54, 1.807) is 13.0 Å². The van der Waals surface area contributed by atoms with Crippen molar-refractivity contribution >= 4 is 18.0 Å². The average Bonchev–Trinajstić information content (AvgIpc) is 2.69. The molecule has 0 radical (unpaired) electrons. The van der Waals surface area contributed by atoms with E-state index in [-0.39, 0.29) is 10.5 Å². The molecule has 17 heavy (non-hydrogen) atoms. The number of carbonyl (C=O) groups is 1. The van der Waals surface area contributed by atoms with E-state index in [0.29, 0.717) is 16.9 Å². The molecule has 0 aliphatic heterocycles. The summed E-state index contributed by atoms with van der Waals surface area (Å²) in [4.78, 5) is 10.9. The summed E-state index contributed by atoms with van der Waals surface area (Å²) in [6.45, 7) is 1.71. The van der Waals surface area contributed by atoms with Gasteiger partial charge in [-0.05, 0) is 25.1 Å². The first-order valence-corrected chi connectivity index (χ1v) is 5.59. The summed E-state index contributed by atoms with van der Waals surface area (Å²) in [6, 6.07) is 3.65. The van der Waals surface area contributed by atoms with Crippen molar-refractivity contribution in [3.8, 4) is 0 Å². The van der Waals surface area contributed by atoms with Gasteiger partial charge in [0.2, 0.25) is 0 Å². The molecule has 0 bridgehead atoms. The van der Waals surface area contributed by atoms with E-state index in [2.05, 4.69) is 0 Å². The summed E-state index contributed by atoms with van der Waals surface area (Å²) in [6.07, 6.45) is 1.86. The van der Waals surface area contributed by atoms with Gasteiger partial charge in [-0.1, -0.05) is 11.8 Å². The second-order valence-electron chi connectivity index (χ2n) is 3.37. The number of aldehydes is 1. The summed E-state index contributed by atoms with van der Waals surface area (Å²) in [5, 5.41) is 0. The van der Waals surface area contributed by atoms with Crippen LogP contribution in [0.25, 0.3) is 0 Å². The van der Waals surface area contributed by atoms with Crippen molar-refractivity contribution in [2.45, 2.75) is 16.7 Å². The zero-order chi connectivity index (χ0) is 12.4. The van der Waals surface area contributed by atoms with Crippen LogP contribution in [0.2, 0.25) is 0 Å². The van der Waals surface area contributed by atoms with Crippen LogP contribution in [0, 0.1) is 18.6 Å². The maximum absolute atomic E-state index is 13.6.